The molecule has 0 aliphatic heterocycles. The Balaban J connectivity index is 0.000000430. The van der Waals surface area contributed by atoms with Gasteiger partial charge in [-0.3, -0.25) is 0 Å². The third-order valence-corrected chi connectivity index (χ3v) is 8.78. The van der Waals surface area contributed by atoms with E-state index in [4.69, 9.17) is 0 Å². The van der Waals surface area contributed by atoms with Gasteiger partial charge >= 0.3 is 26.2 Å². The number of hydrogen-bond acceptors (Lipinski definition) is 0. The van der Waals surface area contributed by atoms with Crippen LogP contribution in [0.5, 0.6) is 0 Å². The van der Waals surface area contributed by atoms with Gasteiger partial charge in [-0.2, -0.15) is 12.1 Å². The van der Waals surface area contributed by atoms with Gasteiger partial charge in [0, 0.05) is 9.52 Å². The van der Waals surface area contributed by atoms with Crippen molar-refractivity contribution in [2.45, 2.75) is 98.6 Å². The van der Waals surface area contributed by atoms with Gasteiger partial charge in [0.1, 0.15) is 0 Å². The van der Waals surface area contributed by atoms with E-state index in [1.54, 1.807) is 0 Å². The molecule has 0 saturated carbocycles. The molecule has 0 spiro atoms. The van der Waals surface area contributed by atoms with Crippen molar-refractivity contribution in [1.82, 2.24) is 0 Å². The summed E-state index contributed by atoms with van der Waals surface area (Å²) in [6, 6.07) is 40.6. The van der Waals surface area contributed by atoms with Crippen molar-refractivity contribution in [2.24, 2.45) is 0 Å². The third kappa shape index (κ3) is 11.1. The van der Waals surface area contributed by atoms with Crippen LogP contribution in [0.15, 0.2) is 109 Å². The second-order valence-corrected chi connectivity index (χ2v) is 15.9. The van der Waals surface area contributed by atoms with Crippen LogP contribution in [0.3, 0.4) is 0 Å². The third-order valence-electron chi connectivity index (χ3n) is 8.78. The molecule has 0 nitrogen and oxygen atoms in total. The van der Waals surface area contributed by atoms with Gasteiger partial charge in [0.15, 0.2) is 0 Å². The molecule has 0 heterocycles. The van der Waals surface area contributed by atoms with Crippen LogP contribution >= 0.6 is 0 Å². The summed E-state index contributed by atoms with van der Waals surface area (Å²) in [5.41, 5.74) is 11.3. The van der Waals surface area contributed by atoms with Gasteiger partial charge in [-0.1, -0.05) is 147 Å². The zero-order valence-electron chi connectivity index (χ0n) is 32.7. The topological polar surface area (TPSA) is 0 Å². The van der Waals surface area contributed by atoms with E-state index in [2.05, 4.69) is 185 Å². The first-order valence-electron chi connectivity index (χ1n) is 16.9. The van der Waals surface area contributed by atoms with Crippen LogP contribution in [0.1, 0.15) is 90.5 Å². The van der Waals surface area contributed by atoms with Gasteiger partial charge in [0.2, 0.25) is 0 Å². The van der Waals surface area contributed by atoms with Gasteiger partial charge in [0.25, 0.3) is 0 Å². The van der Waals surface area contributed by atoms with E-state index < -0.39 is 0 Å². The molecule has 0 aliphatic rings. The van der Waals surface area contributed by atoms with Crippen molar-refractivity contribution in [3.63, 3.8) is 0 Å². The number of benzene rings is 4. The summed E-state index contributed by atoms with van der Waals surface area (Å²) in [4.78, 5) is 0. The molecular weight excluding hydrogens is 684 g/mol. The van der Waals surface area contributed by atoms with Crippen molar-refractivity contribution < 1.29 is 26.2 Å². The number of rotatable bonds is 4. The summed E-state index contributed by atoms with van der Waals surface area (Å²) >= 11 is 0. The molecule has 0 bridgehead atoms. The minimum Gasteiger partial charge on any atom is -0.358 e. The summed E-state index contributed by atoms with van der Waals surface area (Å²) in [6.07, 6.45) is 1.09. The Bertz CT molecular complexity index is 1830. The van der Waals surface area contributed by atoms with E-state index in [0.29, 0.717) is 5.92 Å². The minimum atomic E-state index is 0. The fraction of sp³-hybridized carbons (Fsp3) is 0.319. The minimum absolute atomic E-state index is 0. The maximum absolute atomic E-state index is 2.35. The molecule has 6 rings (SSSR count). The monoisotopic (exact) mass is 742 g/mol. The van der Waals surface area contributed by atoms with Crippen molar-refractivity contribution in [1.29, 1.82) is 0 Å². The Morgan fingerprint density at radius 1 is 0.592 bits per heavy atom. The number of fused-ring (bicyclic) bond motifs is 2. The first kappa shape index (κ1) is 44.2. The Morgan fingerprint density at radius 2 is 0.980 bits per heavy atom. The van der Waals surface area contributed by atoms with Gasteiger partial charge in [0.05, 0.1) is 0 Å². The molecule has 0 amide bonds. The van der Waals surface area contributed by atoms with E-state index in [9.17, 15) is 0 Å². The summed E-state index contributed by atoms with van der Waals surface area (Å²) in [6.45, 7) is 24.6. The molecule has 2 heteroatoms. The molecule has 0 atom stereocenters. The maximum Gasteiger partial charge on any atom is 4.00 e. The number of hydrogen-bond donors (Lipinski definition) is 0. The second-order valence-electron chi connectivity index (χ2n) is 14.9. The average Bonchev–Trinajstić information content (AvgIpc) is 3.66. The van der Waals surface area contributed by atoms with Crippen molar-refractivity contribution in [3.05, 3.63) is 146 Å². The normalized spacial score (nSPS) is 11.0. The Labute approximate surface area is 322 Å². The Kier molecular flexibility index (Phi) is 17.1. The predicted molar refractivity (Wildman–Crippen MR) is 221 cm³/mol. The summed E-state index contributed by atoms with van der Waals surface area (Å²) in [7, 11) is 1.08. The van der Waals surface area contributed by atoms with E-state index in [1.165, 1.54) is 66.1 Å². The first-order chi connectivity index (χ1) is 21.8. The number of aryl methyl sites for hydroxylation is 1. The fourth-order valence-corrected chi connectivity index (χ4v) is 5.90. The van der Waals surface area contributed by atoms with Crippen molar-refractivity contribution in [3.8, 4) is 22.3 Å². The van der Waals surface area contributed by atoms with Crippen LogP contribution in [0.2, 0.25) is 13.1 Å². The average molecular weight is 744 g/mol. The molecule has 0 aromatic heterocycles. The van der Waals surface area contributed by atoms with Crippen LogP contribution < -0.4 is 0 Å². The van der Waals surface area contributed by atoms with Crippen molar-refractivity contribution in [2.75, 3.05) is 0 Å². The molecule has 2 radical (unpaired) electrons. The van der Waals surface area contributed by atoms with Crippen molar-refractivity contribution >= 4 is 31.1 Å². The smallest absolute Gasteiger partial charge is 0.358 e. The maximum atomic E-state index is 2.35. The zero-order valence-corrected chi connectivity index (χ0v) is 36.1. The van der Waals surface area contributed by atoms with E-state index in [0.717, 1.165) is 15.9 Å². The Morgan fingerprint density at radius 3 is 1.35 bits per heavy atom. The van der Waals surface area contributed by atoms with Crippen LogP contribution in [-0.4, -0.2) is 9.52 Å². The van der Waals surface area contributed by atoms with Gasteiger partial charge in [-0.05, 0) is 45.4 Å². The second kappa shape index (κ2) is 19.0. The first-order valence-corrected chi connectivity index (χ1v) is 18.9. The van der Waals surface area contributed by atoms with Crippen LogP contribution in [-0.2, 0) is 43.5 Å². The van der Waals surface area contributed by atoms with E-state index >= 15 is 0 Å². The van der Waals surface area contributed by atoms with Crippen LogP contribution in [0.25, 0.3) is 43.8 Å². The van der Waals surface area contributed by atoms with E-state index in [1.807, 2.05) is 0 Å². The van der Waals surface area contributed by atoms with Gasteiger partial charge in [-0.15, -0.1) is 69.1 Å². The molecule has 49 heavy (non-hydrogen) atoms. The standard InChI is InChI=1S/C22H25.C21H23.C2H6Si.2CH3.Zr/c1-15(2)18-13-17-7-6-8-20(21(17)14-18)16-9-11-19(12-10-16)22(3,4)5;1-5-15-13-17-7-6-8-19(20(17)14-15)16-9-11-18(12-10-16)21(2,3)4;1-3-2;;;/h6-15H,1-5H3;6-14H,5H2,1-4H3;1-2H3;2*1H3;/q2*-1;;2*-1;+4. The SMILES string of the molecule is CC(C)c1cc2c(-c3ccc(C(C)(C)C)cc3)cccc2[cH-]1.CCc1cc2c(-c3ccc(C(C)(C)C)cc3)cccc2[cH-]1.C[Si]C.[CH3-].[CH3-].[Zr+4]. The molecule has 0 aliphatic carbocycles. The molecular formula is C47H60SiZr. The summed E-state index contributed by atoms with van der Waals surface area (Å²) < 4.78 is 0. The summed E-state index contributed by atoms with van der Waals surface area (Å²) in [5.74, 6) is 0.573. The van der Waals surface area contributed by atoms with Gasteiger partial charge in [-0.25, -0.2) is 0 Å². The molecule has 0 unspecified atom stereocenters. The molecule has 0 N–H and O–H groups in total. The molecule has 6 aromatic rings. The predicted octanol–water partition coefficient (Wildman–Crippen LogP) is 14.4. The molecule has 0 saturated heterocycles. The molecule has 256 valence electrons. The molecule has 6 aromatic carbocycles. The molecule has 0 fully saturated rings. The Hall–Kier alpha value is -2.80. The summed E-state index contributed by atoms with van der Waals surface area (Å²) in [5, 5.41) is 5.44. The van der Waals surface area contributed by atoms with Crippen LogP contribution in [0, 0.1) is 14.9 Å². The van der Waals surface area contributed by atoms with E-state index in [-0.39, 0.29) is 51.9 Å². The zero-order chi connectivity index (χ0) is 33.6. The van der Waals surface area contributed by atoms with Crippen LogP contribution in [0.4, 0.5) is 0 Å². The largest absolute Gasteiger partial charge is 4.00 e. The fourth-order valence-electron chi connectivity index (χ4n) is 5.90. The quantitative estimate of drug-likeness (QED) is 0.125. The van der Waals surface area contributed by atoms with Gasteiger partial charge < -0.3 is 14.9 Å².